The molecule has 0 saturated carbocycles. The highest BCUT2D eigenvalue weighted by Gasteiger charge is 2.39. The molecule has 0 N–H and O–H groups in total. The molecule has 1 aromatic rings. The van der Waals surface area contributed by atoms with Crippen molar-refractivity contribution in [1.82, 2.24) is 4.31 Å². The van der Waals surface area contributed by atoms with E-state index in [2.05, 4.69) is 0 Å². The number of rotatable bonds is 3. The smallest absolute Gasteiger partial charge is 0.212 e. The van der Waals surface area contributed by atoms with Crippen LogP contribution in [0.4, 0.5) is 0 Å². The molecular weight excluding hydrogens is 260 g/mol. The third kappa shape index (κ3) is 2.96. The molecule has 0 aliphatic carbocycles. The monoisotopic (exact) mass is 278 g/mol. The molecule has 0 amide bonds. The zero-order chi connectivity index (χ0) is 14.1. The summed E-state index contributed by atoms with van der Waals surface area (Å²) in [4.78, 5) is 0. The zero-order valence-corrected chi connectivity index (χ0v) is 12.1. The molecule has 0 atom stereocenters. The molecule has 0 spiro atoms. The third-order valence-electron chi connectivity index (χ3n) is 3.59. The van der Waals surface area contributed by atoms with Crippen LogP contribution in [-0.2, 0) is 15.8 Å². The normalized spacial score (nSPS) is 19.2. The highest BCUT2D eigenvalue weighted by Crippen LogP contribution is 2.32. The van der Waals surface area contributed by atoms with Gasteiger partial charge in [0.1, 0.15) is 0 Å². The molecule has 102 valence electrons. The number of sulfonamides is 1. The molecule has 0 bridgehead atoms. The van der Waals surface area contributed by atoms with Gasteiger partial charge >= 0.3 is 0 Å². The summed E-state index contributed by atoms with van der Waals surface area (Å²) in [6.45, 7) is 4.54. The van der Waals surface area contributed by atoms with Gasteiger partial charge in [0.15, 0.2) is 0 Å². The summed E-state index contributed by atoms with van der Waals surface area (Å²) < 4.78 is 26.5. The van der Waals surface area contributed by atoms with Crippen molar-refractivity contribution in [3.63, 3.8) is 0 Å². The summed E-state index contributed by atoms with van der Waals surface area (Å²) in [7, 11) is -3.29. The van der Waals surface area contributed by atoms with Crippen LogP contribution in [0.2, 0.25) is 0 Å². The molecule has 1 fully saturated rings. The first kappa shape index (κ1) is 14.0. The molecule has 1 aliphatic rings. The van der Waals surface area contributed by atoms with Crippen LogP contribution in [0.15, 0.2) is 24.3 Å². The first-order valence-corrected chi connectivity index (χ1v) is 7.96. The first-order chi connectivity index (χ1) is 8.85. The maximum Gasteiger partial charge on any atom is 0.218 e. The standard InChI is InChI=1S/C14H18N2O2S/c1-14(2)8-3-9-16(14)19(17,18)11-13-6-4-12(10-15)5-7-13/h4-7H,3,8-9,11H2,1-2H3. The quantitative estimate of drug-likeness (QED) is 0.852. The number of nitrogens with zero attached hydrogens (tertiary/aromatic N) is 2. The van der Waals surface area contributed by atoms with E-state index in [1.54, 1.807) is 28.6 Å². The Morgan fingerprint density at radius 1 is 1.32 bits per heavy atom. The van der Waals surface area contributed by atoms with Crippen molar-refractivity contribution in [2.75, 3.05) is 6.54 Å². The number of nitriles is 1. The largest absolute Gasteiger partial charge is 0.218 e. The lowest BCUT2D eigenvalue weighted by molar-refractivity contribution is 0.291. The molecule has 5 heteroatoms. The van der Waals surface area contributed by atoms with Crippen LogP contribution in [0, 0.1) is 11.3 Å². The van der Waals surface area contributed by atoms with Crippen LogP contribution in [0.25, 0.3) is 0 Å². The molecule has 1 aromatic carbocycles. The van der Waals surface area contributed by atoms with Gasteiger partial charge in [0, 0.05) is 12.1 Å². The van der Waals surface area contributed by atoms with E-state index in [0.717, 1.165) is 18.4 Å². The summed E-state index contributed by atoms with van der Waals surface area (Å²) in [6.07, 6.45) is 1.82. The van der Waals surface area contributed by atoms with Gasteiger partial charge in [-0.25, -0.2) is 8.42 Å². The molecule has 1 saturated heterocycles. The molecule has 0 radical (unpaired) electrons. The van der Waals surface area contributed by atoms with Gasteiger partial charge in [-0.3, -0.25) is 0 Å². The van der Waals surface area contributed by atoms with Crippen molar-refractivity contribution in [3.8, 4) is 6.07 Å². The molecule has 0 unspecified atom stereocenters. The van der Waals surface area contributed by atoms with Gasteiger partial charge in [0.2, 0.25) is 10.0 Å². The first-order valence-electron chi connectivity index (χ1n) is 6.35. The van der Waals surface area contributed by atoms with Crippen LogP contribution < -0.4 is 0 Å². The van der Waals surface area contributed by atoms with Crippen molar-refractivity contribution in [2.24, 2.45) is 0 Å². The van der Waals surface area contributed by atoms with E-state index >= 15 is 0 Å². The Morgan fingerprint density at radius 3 is 2.42 bits per heavy atom. The fourth-order valence-corrected chi connectivity index (χ4v) is 4.58. The van der Waals surface area contributed by atoms with E-state index in [4.69, 9.17) is 5.26 Å². The maximum atomic E-state index is 12.4. The van der Waals surface area contributed by atoms with Gasteiger partial charge in [-0.1, -0.05) is 12.1 Å². The second-order valence-electron chi connectivity index (χ2n) is 5.55. The van der Waals surface area contributed by atoms with E-state index in [-0.39, 0.29) is 11.3 Å². The van der Waals surface area contributed by atoms with Crippen LogP contribution in [0.5, 0.6) is 0 Å². The van der Waals surface area contributed by atoms with Crippen molar-refractivity contribution in [2.45, 2.75) is 38.0 Å². The lowest BCUT2D eigenvalue weighted by Crippen LogP contribution is -2.43. The van der Waals surface area contributed by atoms with E-state index in [1.807, 2.05) is 19.9 Å². The van der Waals surface area contributed by atoms with E-state index in [0.29, 0.717) is 12.1 Å². The fraction of sp³-hybridized carbons (Fsp3) is 0.500. The van der Waals surface area contributed by atoms with Crippen LogP contribution in [-0.4, -0.2) is 24.8 Å². The van der Waals surface area contributed by atoms with Crippen LogP contribution in [0.3, 0.4) is 0 Å². The zero-order valence-electron chi connectivity index (χ0n) is 11.3. The van der Waals surface area contributed by atoms with E-state index < -0.39 is 10.0 Å². The highest BCUT2D eigenvalue weighted by molar-refractivity contribution is 7.88. The number of benzene rings is 1. The Bertz CT molecular complexity index is 597. The Kier molecular flexibility index (Phi) is 3.66. The Hall–Kier alpha value is -1.38. The fourth-order valence-electron chi connectivity index (χ4n) is 2.56. The van der Waals surface area contributed by atoms with Gasteiger partial charge in [0.25, 0.3) is 0 Å². The molecule has 4 nitrogen and oxygen atoms in total. The Morgan fingerprint density at radius 2 is 1.95 bits per heavy atom. The molecule has 1 heterocycles. The van der Waals surface area contributed by atoms with Gasteiger partial charge in [-0.2, -0.15) is 9.57 Å². The molecule has 0 aromatic heterocycles. The average Bonchev–Trinajstić information content (AvgIpc) is 2.70. The summed E-state index contributed by atoms with van der Waals surface area (Å²) >= 11 is 0. The van der Waals surface area contributed by atoms with Gasteiger partial charge in [-0.15, -0.1) is 0 Å². The van der Waals surface area contributed by atoms with Crippen molar-refractivity contribution < 1.29 is 8.42 Å². The van der Waals surface area contributed by atoms with E-state index in [9.17, 15) is 8.42 Å². The topological polar surface area (TPSA) is 61.2 Å². The number of hydrogen-bond donors (Lipinski definition) is 0. The van der Waals surface area contributed by atoms with Crippen molar-refractivity contribution in [3.05, 3.63) is 35.4 Å². The highest BCUT2D eigenvalue weighted by atomic mass is 32.2. The third-order valence-corrected chi connectivity index (χ3v) is 5.64. The van der Waals surface area contributed by atoms with Crippen LogP contribution >= 0.6 is 0 Å². The SMILES string of the molecule is CC1(C)CCCN1S(=O)(=O)Cc1ccc(C#N)cc1. The van der Waals surface area contributed by atoms with Crippen molar-refractivity contribution in [1.29, 1.82) is 5.26 Å². The average molecular weight is 278 g/mol. The molecule has 2 rings (SSSR count). The van der Waals surface area contributed by atoms with E-state index in [1.165, 1.54) is 0 Å². The van der Waals surface area contributed by atoms with Crippen molar-refractivity contribution >= 4 is 10.0 Å². The molecule has 1 aliphatic heterocycles. The predicted molar refractivity (Wildman–Crippen MR) is 73.8 cm³/mol. The summed E-state index contributed by atoms with van der Waals surface area (Å²) in [5, 5.41) is 8.73. The van der Waals surface area contributed by atoms with Gasteiger partial charge < -0.3 is 0 Å². The predicted octanol–water partition coefficient (Wildman–Crippen LogP) is 2.26. The minimum absolute atomic E-state index is 0.00212. The number of hydrogen-bond acceptors (Lipinski definition) is 3. The maximum absolute atomic E-state index is 12.4. The van der Waals surface area contributed by atoms with Crippen LogP contribution in [0.1, 0.15) is 37.8 Å². The second-order valence-corrected chi connectivity index (χ2v) is 7.45. The minimum Gasteiger partial charge on any atom is -0.212 e. The summed E-state index contributed by atoms with van der Waals surface area (Å²) in [5.41, 5.74) is 0.982. The second kappa shape index (κ2) is 4.95. The van der Waals surface area contributed by atoms with Gasteiger partial charge in [0.05, 0.1) is 17.4 Å². The lowest BCUT2D eigenvalue weighted by atomic mass is 10.0. The van der Waals surface area contributed by atoms with Gasteiger partial charge in [-0.05, 0) is 44.4 Å². The summed E-state index contributed by atoms with van der Waals surface area (Å²) in [6, 6.07) is 8.75. The minimum atomic E-state index is -3.29. The molecule has 19 heavy (non-hydrogen) atoms. The summed E-state index contributed by atoms with van der Waals surface area (Å²) in [5.74, 6) is 0.00212. The Balaban J connectivity index is 2.19. The lowest BCUT2D eigenvalue weighted by Gasteiger charge is -2.30. The molecular formula is C14H18N2O2S. The Labute approximate surface area is 114 Å².